The number of nitrogens with zero attached hydrogens (tertiary/aromatic N) is 3. The molecule has 3 aromatic rings. The Bertz CT molecular complexity index is 1120. The summed E-state index contributed by atoms with van der Waals surface area (Å²) in [7, 11) is 0. The largest absolute Gasteiger partial charge is 0.438 e. The third kappa shape index (κ3) is 5.93. The Morgan fingerprint density at radius 1 is 1.24 bits per heavy atom. The van der Waals surface area contributed by atoms with Crippen LogP contribution in [0.15, 0.2) is 67.3 Å². The van der Waals surface area contributed by atoms with Gasteiger partial charge < -0.3 is 9.84 Å². The first-order valence-corrected chi connectivity index (χ1v) is 11.9. The van der Waals surface area contributed by atoms with Crippen molar-refractivity contribution in [3.63, 3.8) is 0 Å². The van der Waals surface area contributed by atoms with Crippen molar-refractivity contribution in [3.8, 4) is 17.3 Å². The van der Waals surface area contributed by atoms with Gasteiger partial charge in [0.15, 0.2) is 0 Å². The molecule has 1 unspecified atom stereocenters. The molecule has 5 nitrogen and oxygen atoms in total. The van der Waals surface area contributed by atoms with Crippen LogP contribution in [0.1, 0.15) is 50.8 Å². The lowest BCUT2D eigenvalue weighted by Gasteiger charge is -2.30. The molecule has 0 spiro atoms. The van der Waals surface area contributed by atoms with Crippen LogP contribution in [0, 0.1) is 11.7 Å². The predicted octanol–water partition coefficient (Wildman–Crippen LogP) is 6.08. The molecule has 1 aromatic heterocycles. The van der Waals surface area contributed by atoms with E-state index >= 15 is 0 Å². The van der Waals surface area contributed by atoms with E-state index in [1.165, 1.54) is 25.0 Å². The topological polar surface area (TPSA) is 50.5 Å². The maximum Gasteiger partial charge on any atom is 0.227 e. The second-order valence-electron chi connectivity index (χ2n) is 9.80. The van der Waals surface area contributed by atoms with Crippen LogP contribution in [0.2, 0.25) is 0 Å². The van der Waals surface area contributed by atoms with Gasteiger partial charge in [-0.3, -0.25) is 4.90 Å². The number of ether oxygens (including phenoxy) is 1. The zero-order valence-corrected chi connectivity index (χ0v) is 20.2. The van der Waals surface area contributed by atoms with Crippen LogP contribution >= 0.6 is 0 Å². The minimum Gasteiger partial charge on any atom is -0.438 e. The van der Waals surface area contributed by atoms with Gasteiger partial charge in [-0.25, -0.2) is 9.07 Å². The van der Waals surface area contributed by atoms with Gasteiger partial charge in [0, 0.05) is 25.7 Å². The highest BCUT2D eigenvalue weighted by atomic mass is 19.1. The molecule has 34 heavy (non-hydrogen) atoms. The number of para-hydroxylation sites is 1. The molecule has 0 radical (unpaired) electrons. The molecule has 0 amide bonds. The van der Waals surface area contributed by atoms with Crippen molar-refractivity contribution in [2.75, 3.05) is 13.1 Å². The molecule has 1 heterocycles. The van der Waals surface area contributed by atoms with Crippen molar-refractivity contribution in [2.24, 2.45) is 5.92 Å². The molecule has 0 saturated heterocycles. The molecule has 1 N–H and O–H groups in total. The van der Waals surface area contributed by atoms with Gasteiger partial charge in [-0.1, -0.05) is 44.2 Å². The summed E-state index contributed by atoms with van der Waals surface area (Å²) in [6.45, 7) is 11.7. The highest BCUT2D eigenvalue weighted by molar-refractivity contribution is 5.44. The SMILES string of the molecule is C=CC(C)(O)CN(Cc1c(C(C)C)nn(-c2ccccc2)c1Oc1cccc(F)c1)CC1CC1. The van der Waals surface area contributed by atoms with E-state index in [1.54, 1.807) is 29.8 Å². The van der Waals surface area contributed by atoms with Crippen molar-refractivity contribution in [3.05, 3.63) is 84.3 Å². The number of halogens is 1. The quantitative estimate of drug-likeness (QED) is 0.350. The molecule has 1 aliphatic rings. The smallest absolute Gasteiger partial charge is 0.227 e. The van der Waals surface area contributed by atoms with Crippen LogP contribution in [0.25, 0.3) is 5.69 Å². The van der Waals surface area contributed by atoms with Crippen LogP contribution in [-0.4, -0.2) is 38.5 Å². The lowest BCUT2D eigenvalue weighted by Crippen LogP contribution is -2.40. The Morgan fingerprint density at radius 2 is 1.97 bits per heavy atom. The highest BCUT2D eigenvalue weighted by Crippen LogP contribution is 2.37. The summed E-state index contributed by atoms with van der Waals surface area (Å²) >= 11 is 0. The zero-order chi connectivity index (χ0) is 24.3. The molecule has 1 aliphatic carbocycles. The van der Waals surface area contributed by atoms with Gasteiger partial charge in [0.1, 0.15) is 11.6 Å². The lowest BCUT2D eigenvalue weighted by molar-refractivity contribution is 0.0564. The molecule has 6 heteroatoms. The number of rotatable bonds is 11. The van der Waals surface area contributed by atoms with Gasteiger partial charge in [-0.15, -0.1) is 6.58 Å². The van der Waals surface area contributed by atoms with E-state index in [0.29, 0.717) is 30.6 Å². The maximum absolute atomic E-state index is 14.0. The van der Waals surface area contributed by atoms with E-state index < -0.39 is 5.60 Å². The first kappa shape index (κ1) is 24.2. The summed E-state index contributed by atoms with van der Waals surface area (Å²) in [4.78, 5) is 2.26. The van der Waals surface area contributed by atoms with Crippen LogP contribution in [0.5, 0.6) is 11.6 Å². The number of benzene rings is 2. The minimum absolute atomic E-state index is 0.150. The highest BCUT2D eigenvalue weighted by Gasteiger charge is 2.31. The number of hydrogen-bond donors (Lipinski definition) is 1. The van der Waals surface area contributed by atoms with Gasteiger partial charge in [-0.05, 0) is 55.9 Å². The molecule has 4 rings (SSSR count). The summed E-state index contributed by atoms with van der Waals surface area (Å²) in [6.07, 6.45) is 4.01. The predicted molar refractivity (Wildman–Crippen MR) is 133 cm³/mol. The Morgan fingerprint density at radius 3 is 2.59 bits per heavy atom. The van der Waals surface area contributed by atoms with E-state index in [1.807, 2.05) is 30.3 Å². The standard InChI is InChI=1S/C28H34FN3O2/c1-5-28(4,33)19-31(17-21-14-15-21)18-25-26(20(2)3)30-32(23-11-7-6-8-12-23)27(25)34-24-13-9-10-22(29)16-24/h5-13,16,20-21,33H,1,14-15,17-19H2,2-4H3. The van der Waals surface area contributed by atoms with Gasteiger partial charge in [0.2, 0.25) is 5.88 Å². The average Bonchev–Trinajstić information content (AvgIpc) is 3.55. The van der Waals surface area contributed by atoms with Gasteiger partial charge >= 0.3 is 0 Å². The number of hydrogen-bond acceptors (Lipinski definition) is 4. The third-order valence-corrected chi connectivity index (χ3v) is 6.10. The monoisotopic (exact) mass is 463 g/mol. The summed E-state index contributed by atoms with van der Waals surface area (Å²) in [5.74, 6) is 1.42. The van der Waals surface area contributed by atoms with Crippen molar-refractivity contribution < 1.29 is 14.2 Å². The van der Waals surface area contributed by atoms with Gasteiger partial charge in [0.05, 0.1) is 22.5 Å². The molecular weight excluding hydrogens is 429 g/mol. The molecule has 2 aromatic carbocycles. The Labute approximate surface area is 201 Å². The summed E-state index contributed by atoms with van der Waals surface area (Å²) in [5.41, 5.74) is 1.73. The van der Waals surface area contributed by atoms with Crippen LogP contribution in [0.3, 0.4) is 0 Å². The van der Waals surface area contributed by atoms with E-state index in [4.69, 9.17) is 9.84 Å². The molecule has 1 fully saturated rings. The van der Waals surface area contributed by atoms with E-state index in [0.717, 1.165) is 23.5 Å². The fourth-order valence-electron chi connectivity index (χ4n) is 4.15. The Hall–Kier alpha value is -2.96. The van der Waals surface area contributed by atoms with E-state index in [9.17, 15) is 9.50 Å². The second kappa shape index (κ2) is 10.1. The zero-order valence-electron chi connectivity index (χ0n) is 20.2. The third-order valence-electron chi connectivity index (χ3n) is 6.10. The molecular formula is C28H34FN3O2. The first-order valence-electron chi connectivity index (χ1n) is 11.9. The Balaban J connectivity index is 1.79. The summed E-state index contributed by atoms with van der Waals surface area (Å²) in [6, 6.07) is 16.0. The van der Waals surface area contributed by atoms with E-state index in [2.05, 4.69) is 25.3 Å². The molecule has 180 valence electrons. The lowest BCUT2D eigenvalue weighted by atomic mass is 10.0. The van der Waals surface area contributed by atoms with Crippen molar-refractivity contribution in [1.82, 2.24) is 14.7 Å². The van der Waals surface area contributed by atoms with Crippen LogP contribution in [-0.2, 0) is 6.54 Å². The minimum atomic E-state index is -1.01. The van der Waals surface area contributed by atoms with E-state index in [-0.39, 0.29) is 11.7 Å². The maximum atomic E-state index is 14.0. The summed E-state index contributed by atoms with van der Waals surface area (Å²) < 4.78 is 22.1. The second-order valence-corrected chi connectivity index (χ2v) is 9.80. The van der Waals surface area contributed by atoms with Crippen molar-refractivity contribution in [1.29, 1.82) is 0 Å². The fraction of sp³-hybridized carbons (Fsp3) is 0.393. The average molecular weight is 464 g/mol. The first-order chi connectivity index (χ1) is 16.3. The molecule has 0 bridgehead atoms. The molecule has 1 saturated carbocycles. The van der Waals surface area contributed by atoms with Crippen molar-refractivity contribution >= 4 is 0 Å². The number of aliphatic hydroxyl groups is 1. The van der Waals surface area contributed by atoms with Crippen molar-refractivity contribution in [2.45, 2.75) is 51.7 Å². The van der Waals surface area contributed by atoms with Gasteiger partial charge in [0.25, 0.3) is 0 Å². The summed E-state index contributed by atoms with van der Waals surface area (Å²) in [5, 5.41) is 15.7. The molecule has 1 atom stereocenters. The number of aromatic nitrogens is 2. The van der Waals surface area contributed by atoms with Crippen LogP contribution in [0.4, 0.5) is 4.39 Å². The fourth-order valence-corrected chi connectivity index (χ4v) is 4.15. The normalized spacial score (nSPS) is 15.5. The molecule has 0 aliphatic heterocycles. The van der Waals surface area contributed by atoms with Crippen LogP contribution < -0.4 is 4.74 Å². The van der Waals surface area contributed by atoms with Gasteiger partial charge in [-0.2, -0.15) is 5.10 Å². The Kier molecular flexibility index (Phi) is 7.19.